The summed E-state index contributed by atoms with van der Waals surface area (Å²) in [7, 11) is 0. The van der Waals surface area contributed by atoms with Gasteiger partial charge in [-0.2, -0.15) is 0 Å². The Morgan fingerprint density at radius 3 is 2.88 bits per heavy atom. The third kappa shape index (κ3) is 1.80. The van der Waals surface area contributed by atoms with E-state index in [2.05, 4.69) is 16.7 Å². The fourth-order valence-electron chi connectivity index (χ4n) is 2.57. The molecule has 0 saturated heterocycles. The van der Waals surface area contributed by atoms with Crippen molar-refractivity contribution in [1.29, 1.82) is 0 Å². The summed E-state index contributed by atoms with van der Waals surface area (Å²) in [5.74, 6) is 0. The maximum absolute atomic E-state index is 6.30. The van der Waals surface area contributed by atoms with Crippen LogP contribution in [0.5, 0.6) is 0 Å². The van der Waals surface area contributed by atoms with Crippen LogP contribution in [0.1, 0.15) is 37.3 Å². The van der Waals surface area contributed by atoms with E-state index in [1.54, 1.807) is 0 Å². The summed E-state index contributed by atoms with van der Waals surface area (Å²) in [6.07, 6.45) is 5.15. The fraction of sp³-hybridized carbons (Fsp3) is 0.538. The molecule has 1 atom stereocenters. The van der Waals surface area contributed by atoms with Gasteiger partial charge in [0.2, 0.25) is 0 Å². The normalized spacial score (nSPS) is 24.4. The highest BCUT2D eigenvalue weighted by atomic mass is 35.5. The van der Waals surface area contributed by atoms with E-state index in [4.69, 9.17) is 11.6 Å². The second-order valence-corrected chi connectivity index (χ2v) is 5.17. The average molecular weight is 237 g/mol. The van der Waals surface area contributed by atoms with Crippen molar-refractivity contribution in [3.05, 3.63) is 28.8 Å². The highest BCUT2D eigenvalue weighted by Gasteiger charge is 2.26. The molecule has 86 valence electrons. The van der Waals surface area contributed by atoms with E-state index < -0.39 is 0 Å². The minimum Gasteiger partial charge on any atom is -0.385 e. The van der Waals surface area contributed by atoms with Crippen molar-refractivity contribution in [3.63, 3.8) is 0 Å². The standard InChI is InChI=1S/C13H17ClN2/c14-10-5-2-6-11-13(10)12(7-8-15-11)16-9-3-1-4-9/h2,5-6,9,12,15-16H,1,3-4,7-8H2. The van der Waals surface area contributed by atoms with Crippen LogP contribution in [0.25, 0.3) is 0 Å². The van der Waals surface area contributed by atoms with Crippen LogP contribution in [0.2, 0.25) is 5.02 Å². The Morgan fingerprint density at radius 2 is 2.12 bits per heavy atom. The van der Waals surface area contributed by atoms with Gasteiger partial charge in [0.15, 0.2) is 0 Å². The smallest absolute Gasteiger partial charge is 0.0474 e. The molecule has 16 heavy (non-hydrogen) atoms. The van der Waals surface area contributed by atoms with Gasteiger partial charge in [0.05, 0.1) is 0 Å². The fourth-order valence-corrected chi connectivity index (χ4v) is 2.87. The number of fused-ring (bicyclic) bond motifs is 1. The molecular formula is C13H17ClN2. The summed E-state index contributed by atoms with van der Waals surface area (Å²) in [4.78, 5) is 0. The molecule has 0 spiro atoms. The second kappa shape index (κ2) is 4.27. The summed E-state index contributed by atoms with van der Waals surface area (Å²) in [6, 6.07) is 7.28. The van der Waals surface area contributed by atoms with Crippen molar-refractivity contribution in [2.45, 2.75) is 37.8 Å². The van der Waals surface area contributed by atoms with Gasteiger partial charge in [-0.1, -0.05) is 24.1 Å². The van der Waals surface area contributed by atoms with Crippen LogP contribution in [0, 0.1) is 0 Å². The summed E-state index contributed by atoms with van der Waals surface area (Å²) in [5, 5.41) is 8.04. The molecule has 0 amide bonds. The largest absolute Gasteiger partial charge is 0.385 e. The van der Waals surface area contributed by atoms with E-state index in [1.807, 2.05) is 12.1 Å². The molecule has 3 heteroatoms. The lowest BCUT2D eigenvalue weighted by Crippen LogP contribution is -2.40. The van der Waals surface area contributed by atoms with Gasteiger partial charge >= 0.3 is 0 Å². The van der Waals surface area contributed by atoms with E-state index in [9.17, 15) is 0 Å². The predicted octanol–water partition coefficient (Wildman–Crippen LogP) is 3.34. The van der Waals surface area contributed by atoms with Gasteiger partial charge in [0.1, 0.15) is 0 Å². The molecule has 0 radical (unpaired) electrons. The molecule has 1 aliphatic carbocycles. The lowest BCUT2D eigenvalue weighted by molar-refractivity contribution is 0.298. The number of nitrogens with one attached hydrogen (secondary N) is 2. The molecule has 1 heterocycles. The number of halogens is 1. The van der Waals surface area contributed by atoms with Crippen molar-refractivity contribution in [1.82, 2.24) is 5.32 Å². The lowest BCUT2D eigenvalue weighted by atomic mass is 9.89. The van der Waals surface area contributed by atoms with Gasteiger partial charge in [-0.05, 0) is 31.4 Å². The van der Waals surface area contributed by atoms with E-state index in [1.165, 1.54) is 30.5 Å². The maximum atomic E-state index is 6.30. The Bertz CT molecular complexity index is 388. The Hall–Kier alpha value is -0.730. The molecule has 1 aromatic carbocycles. The molecule has 0 aromatic heterocycles. The van der Waals surface area contributed by atoms with Crippen LogP contribution < -0.4 is 10.6 Å². The first kappa shape index (κ1) is 10.4. The number of benzene rings is 1. The number of hydrogen-bond donors (Lipinski definition) is 2. The van der Waals surface area contributed by atoms with E-state index >= 15 is 0 Å². The Kier molecular flexibility index (Phi) is 2.78. The Balaban J connectivity index is 1.86. The lowest BCUT2D eigenvalue weighted by Gasteiger charge is -2.35. The Labute approximate surface area is 101 Å². The van der Waals surface area contributed by atoms with Crippen molar-refractivity contribution >= 4 is 17.3 Å². The zero-order valence-corrected chi connectivity index (χ0v) is 10.1. The minimum atomic E-state index is 0.440. The van der Waals surface area contributed by atoms with Crippen LogP contribution in [0.4, 0.5) is 5.69 Å². The zero-order valence-electron chi connectivity index (χ0n) is 9.30. The quantitative estimate of drug-likeness (QED) is 0.823. The number of rotatable bonds is 2. The van der Waals surface area contributed by atoms with E-state index in [-0.39, 0.29) is 0 Å². The summed E-state index contributed by atoms with van der Waals surface area (Å²) in [5.41, 5.74) is 2.47. The van der Waals surface area contributed by atoms with E-state index in [0.29, 0.717) is 12.1 Å². The number of hydrogen-bond acceptors (Lipinski definition) is 2. The van der Waals surface area contributed by atoms with Crippen molar-refractivity contribution in [2.75, 3.05) is 11.9 Å². The van der Waals surface area contributed by atoms with Crippen LogP contribution >= 0.6 is 11.6 Å². The first-order chi connectivity index (χ1) is 7.84. The molecular weight excluding hydrogens is 220 g/mol. The van der Waals surface area contributed by atoms with Crippen molar-refractivity contribution in [3.8, 4) is 0 Å². The molecule has 2 aliphatic rings. The SMILES string of the molecule is Clc1cccc2c1C(NC1CCC1)CCN2. The zero-order chi connectivity index (χ0) is 11.0. The topological polar surface area (TPSA) is 24.1 Å². The molecule has 1 unspecified atom stereocenters. The molecule has 2 N–H and O–H groups in total. The molecule has 3 rings (SSSR count). The summed E-state index contributed by atoms with van der Waals surface area (Å²) in [6.45, 7) is 1.04. The van der Waals surface area contributed by atoms with Crippen LogP contribution in [-0.2, 0) is 0 Å². The Morgan fingerprint density at radius 1 is 1.25 bits per heavy atom. The first-order valence-corrected chi connectivity index (χ1v) is 6.51. The van der Waals surface area contributed by atoms with Crippen molar-refractivity contribution < 1.29 is 0 Å². The molecule has 1 fully saturated rings. The molecule has 1 aromatic rings. The highest BCUT2D eigenvalue weighted by molar-refractivity contribution is 6.31. The predicted molar refractivity (Wildman–Crippen MR) is 68.1 cm³/mol. The van der Waals surface area contributed by atoms with Crippen LogP contribution in [-0.4, -0.2) is 12.6 Å². The van der Waals surface area contributed by atoms with Gasteiger partial charge in [-0.3, -0.25) is 0 Å². The summed E-state index contributed by atoms with van der Waals surface area (Å²) < 4.78 is 0. The number of anilines is 1. The van der Waals surface area contributed by atoms with Crippen LogP contribution in [0.15, 0.2) is 18.2 Å². The van der Waals surface area contributed by atoms with Gasteiger partial charge in [-0.25, -0.2) is 0 Å². The van der Waals surface area contributed by atoms with Gasteiger partial charge in [-0.15, -0.1) is 0 Å². The van der Waals surface area contributed by atoms with Gasteiger partial charge in [0, 0.05) is 34.9 Å². The van der Waals surface area contributed by atoms with Crippen molar-refractivity contribution in [2.24, 2.45) is 0 Å². The first-order valence-electron chi connectivity index (χ1n) is 6.13. The van der Waals surface area contributed by atoms with E-state index in [0.717, 1.165) is 18.0 Å². The summed E-state index contributed by atoms with van der Waals surface area (Å²) >= 11 is 6.30. The average Bonchev–Trinajstić information content (AvgIpc) is 2.24. The molecule has 0 bridgehead atoms. The molecule has 1 aliphatic heterocycles. The molecule has 1 saturated carbocycles. The van der Waals surface area contributed by atoms with Crippen LogP contribution in [0.3, 0.4) is 0 Å². The third-order valence-corrected chi connectivity index (χ3v) is 4.02. The minimum absolute atomic E-state index is 0.440. The second-order valence-electron chi connectivity index (χ2n) is 4.76. The monoisotopic (exact) mass is 236 g/mol. The highest BCUT2D eigenvalue weighted by Crippen LogP contribution is 2.36. The molecule has 2 nitrogen and oxygen atoms in total. The van der Waals surface area contributed by atoms with Gasteiger partial charge < -0.3 is 10.6 Å². The third-order valence-electron chi connectivity index (χ3n) is 3.69. The maximum Gasteiger partial charge on any atom is 0.0474 e. The van der Waals surface area contributed by atoms with Gasteiger partial charge in [0.25, 0.3) is 0 Å².